The molecule has 3 aromatic carbocycles. The summed E-state index contributed by atoms with van der Waals surface area (Å²) in [6, 6.07) is 12.7. The van der Waals surface area contributed by atoms with Crippen molar-refractivity contribution in [2.45, 2.75) is 93.0 Å². The summed E-state index contributed by atoms with van der Waals surface area (Å²) in [7, 11) is 0. The number of aromatic amines is 1. The molecule has 2 aliphatic heterocycles. The van der Waals surface area contributed by atoms with Crippen molar-refractivity contribution in [3.05, 3.63) is 58.7 Å². The Labute approximate surface area is 301 Å². The SMILES string of the molecule is CCC(CC)NN1C(=O)c2c(c3c4ccc(C)cc4n(C4OC(CC)C(C)C(C)C4C)c3c3[nH]c4cc(C)ccc4c23)C1=O.N=N/N=N/N=NCl. The van der Waals surface area contributed by atoms with Gasteiger partial charge in [0.15, 0.2) is 0 Å². The monoisotopic (exact) mass is 712 g/mol. The van der Waals surface area contributed by atoms with Crippen LogP contribution in [-0.4, -0.2) is 38.5 Å². The van der Waals surface area contributed by atoms with Crippen molar-refractivity contribution in [1.82, 2.24) is 20.0 Å². The lowest BCUT2D eigenvalue weighted by molar-refractivity contribution is -0.164. The highest BCUT2D eigenvalue weighted by Crippen LogP contribution is 2.49. The molecule has 51 heavy (non-hydrogen) atoms. The molecule has 1 saturated heterocycles. The number of amides is 2. The minimum absolute atomic E-state index is 0.0174. The van der Waals surface area contributed by atoms with Gasteiger partial charge >= 0.3 is 0 Å². The molecule has 4 heterocycles. The number of imide groups is 1. The van der Waals surface area contributed by atoms with Gasteiger partial charge in [0.1, 0.15) is 6.23 Å². The number of hydrogen-bond acceptors (Lipinski definition) is 6. The van der Waals surface area contributed by atoms with Gasteiger partial charge < -0.3 is 14.3 Å². The first kappa shape index (κ1) is 36.2. The third-order valence-electron chi connectivity index (χ3n) is 11.1. The van der Waals surface area contributed by atoms with E-state index in [1.807, 2.05) is 0 Å². The van der Waals surface area contributed by atoms with Crippen molar-refractivity contribution in [2.75, 3.05) is 0 Å². The maximum Gasteiger partial charge on any atom is 0.276 e. The maximum absolute atomic E-state index is 14.5. The summed E-state index contributed by atoms with van der Waals surface area (Å²) < 4.78 is 12.0. The highest BCUT2D eigenvalue weighted by Gasteiger charge is 2.45. The van der Waals surface area contributed by atoms with Crippen LogP contribution in [0, 0.1) is 37.1 Å². The van der Waals surface area contributed by atoms with Gasteiger partial charge in [-0.05, 0) is 89.1 Å². The van der Waals surface area contributed by atoms with Gasteiger partial charge in [-0.25, -0.2) is 10.4 Å². The van der Waals surface area contributed by atoms with E-state index in [4.69, 9.17) is 10.3 Å². The second-order valence-corrected chi connectivity index (χ2v) is 14.0. The van der Waals surface area contributed by atoms with Crippen molar-refractivity contribution in [3.63, 3.8) is 0 Å². The number of halogens is 1. The van der Waals surface area contributed by atoms with E-state index in [0.717, 1.165) is 74.0 Å². The summed E-state index contributed by atoms with van der Waals surface area (Å²) in [4.78, 5) is 32.6. The fourth-order valence-electron chi connectivity index (χ4n) is 8.02. The Morgan fingerprint density at radius 3 is 2.16 bits per heavy atom. The van der Waals surface area contributed by atoms with Crippen molar-refractivity contribution in [1.29, 1.82) is 5.53 Å². The minimum atomic E-state index is -0.283. The van der Waals surface area contributed by atoms with Gasteiger partial charge in [-0.3, -0.25) is 9.59 Å². The predicted molar refractivity (Wildman–Crippen MR) is 199 cm³/mol. The summed E-state index contributed by atoms with van der Waals surface area (Å²) in [6.07, 6.45) is 2.46. The van der Waals surface area contributed by atoms with E-state index in [2.05, 4.69) is 144 Å². The van der Waals surface area contributed by atoms with Gasteiger partial charge in [-0.2, -0.15) is 5.53 Å². The number of nitrogens with zero attached hydrogens (tertiary/aromatic N) is 7. The molecule has 0 saturated carbocycles. The Morgan fingerprint density at radius 2 is 1.53 bits per heavy atom. The summed E-state index contributed by atoms with van der Waals surface area (Å²) in [5.74, 6) is 0.539. The average molecular weight is 713 g/mol. The normalized spacial score (nSPS) is 22.4. The van der Waals surface area contributed by atoms with Gasteiger partial charge in [0, 0.05) is 39.0 Å². The molecule has 5 aromatic rings. The molecule has 2 aromatic heterocycles. The van der Waals surface area contributed by atoms with Crippen molar-refractivity contribution < 1.29 is 14.3 Å². The van der Waals surface area contributed by atoms with Gasteiger partial charge in [0.05, 0.1) is 45.6 Å². The zero-order valence-electron chi connectivity index (χ0n) is 30.3. The molecule has 14 heteroatoms. The summed E-state index contributed by atoms with van der Waals surface area (Å²) in [5.41, 5.74) is 16.3. The lowest BCUT2D eigenvalue weighted by Crippen LogP contribution is -2.47. The van der Waals surface area contributed by atoms with Crippen LogP contribution in [0.2, 0.25) is 0 Å². The van der Waals surface area contributed by atoms with Crippen LogP contribution in [0.4, 0.5) is 0 Å². The van der Waals surface area contributed by atoms with Gasteiger partial charge in [0.2, 0.25) is 0 Å². The molecular weight excluding hydrogens is 668 g/mol. The number of ether oxygens (including phenoxy) is 1. The molecule has 3 N–H and O–H groups in total. The number of nitrogens with one attached hydrogen (secondary N) is 3. The molecule has 2 amide bonds. The number of hydrazine groups is 1. The minimum Gasteiger partial charge on any atom is -0.354 e. The number of fused-ring (bicyclic) bond motifs is 10. The number of H-pyrrole nitrogens is 1. The molecule has 0 bridgehead atoms. The van der Waals surface area contributed by atoms with E-state index in [0.29, 0.717) is 23.0 Å². The third kappa shape index (κ3) is 6.00. The molecule has 268 valence electrons. The van der Waals surface area contributed by atoms with Crippen molar-refractivity contribution >= 4 is 67.2 Å². The van der Waals surface area contributed by atoms with E-state index in [9.17, 15) is 9.59 Å². The van der Waals surface area contributed by atoms with Crippen molar-refractivity contribution in [2.24, 2.45) is 43.3 Å². The Balaban J connectivity index is 0.000000582. The largest absolute Gasteiger partial charge is 0.354 e. The quantitative estimate of drug-likeness (QED) is 0.0828. The fraction of sp³-hybridized carbons (Fsp3) is 0.459. The summed E-state index contributed by atoms with van der Waals surface area (Å²) in [5, 5.41) is 15.6. The number of carbonyl (C=O) groups is 2. The summed E-state index contributed by atoms with van der Waals surface area (Å²) in [6.45, 7) is 17.5. The third-order valence-corrected chi connectivity index (χ3v) is 11.1. The lowest BCUT2D eigenvalue weighted by atomic mass is 9.77. The maximum atomic E-state index is 14.5. The molecular formula is C37H45ClN10O3. The van der Waals surface area contributed by atoms with E-state index in [1.165, 1.54) is 5.01 Å². The molecule has 0 aliphatic carbocycles. The van der Waals surface area contributed by atoms with E-state index < -0.39 is 0 Å². The zero-order chi connectivity index (χ0) is 36.7. The van der Waals surface area contributed by atoms with E-state index >= 15 is 0 Å². The molecule has 13 nitrogen and oxygen atoms in total. The highest BCUT2D eigenvalue weighted by molar-refractivity contribution is 6.39. The van der Waals surface area contributed by atoms with Crippen LogP contribution in [-0.2, 0) is 4.74 Å². The van der Waals surface area contributed by atoms with Gasteiger partial charge in [-0.15, -0.1) is 0 Å². The number of hydrogen-bond donors (Lipinski definition) is 3. The Bertz CT molecular complexity index is 2220. The smallest absolute Gasteiger partial charge is 0.276 e. The van der Waals surface area contributed by atoms with E-state index in [-0.39, 0.29) is 36.1 Å². The second kappa shape index (κ2) is 14.6. The molecule has 5 unspecified atom stereocenters. The number of carbonyl (C=O) groups excluding carboxylic acids is 2. The van der Waals surface area contributed by atoms with Crippen LogP contribution in [0.25, 0.3) is 43.6 Å². The molecule has 5 atom stereocenters. The zero-order valence-corrected chi connectivity index (χ0v) is 31.0. The van der Waals surface area contributed by atoms with Crippen LogP contribution in [0.3, 0.4) is 0 Å². The number of rotatable bonds is 8. The molecule has 0 radical (unpaired) electrons. The number of aromatic nitrogens is 2. The van der Waals surface area contributed by atoms with Gasteiger partial charge in [0.25, 0.3) is 11.8 Å². The van der Waals surface area contributed by atoms with E-state index in [1.54, 1.807) is 0 Å². The molecule has 0 spiro atoms. The van der Waals surface area contributed by atoms with Crippen LogP contribution < -0.4 is 5.43 Å². The first-order valence-corrected chi connectivity index (χ1v) is 18.0. The van der Waals surface area contributed by atoms with Gasteiger partial charge in [-0.1, -0.05) is 70.4 Å². The standard InChI is InChI=1S/C37H44N4O3.ClHN6/c1-9-23(10-2)39-41-35(42)31-29-24-14-12-18(4)16-26(24)38-33(29)34-30(32(31)36(41)43)25-15-13-19(5)17-27(25)40(34)37-22(8)20(6)21(7)28(11-3)44-37;1-3-5-7-6-4-2/h12-17,20-23,28,37-39H,9-11H2,1-8H3;2H/b;4-2?,5-3?,7-6+. The second-order valence-electron chi connectivity index (χ2n) is 13.9. The molecule has 1 fully saturated rings. The van der Waals surface area contributed by atoms with Crippen LogP contribution in [0.15, 0.2) is 61.9 Å². The average Bonchev–Trinajstić information content (AvgIpc) is 3.73. The Kier molecular flexibility index (Phi) is 10.3. The summed E-state index contributed by atoms with van der Waals surface area (Å²) >= 11 is 4.64. The Hall–Kier alpha value is -4.59. The van der Waals surface area contributed by atoms with Crippen LogP contribution in [0.5, 0.6) is 0 Å². The number of aryl methyl sites for hydroxylation is 2. The highest BCUT2D eigenvalue weighted by atomic mass is 35.5. The van der Waals surface area contributed by atoms with Crippen molar-refractivity contribution in [3.8, 4) is 0 Å². The lowest BCUT2D eigenvalue weighted by Gasteiger charge is -2.44. The number of benzene rings is 3. The first-order valence-electron chi connectivity index (χ1n) is 17.6. The molecule has 7 rings (SSSR count). The van der Waals surface area contributed by atoms with Crippen LogP contribution in [0.1, 0.15) is 98.9 Å². The Morgan fingerprint density at radius 1 is 0.882 bits per heavy atom. The topological polar surface area (TPSA) is 165 Å². The fourth-order valence-corrected chi connectivity index (χ4v) is 8.05. The first-order chi connectivity index (χ1) is 24.5. The van der Waals surface area contributed by atoms with Crippen LogP contribution >= 0.6 is 11.8 Å². The molecule has 2 aliphatic rings. The predicted octanol–water partition coefficient (Wildman–Crippen LogP) is 10.5.